The molecule has 3 aromatic rings. The van der Waals surface area contributed by atoms with Crippen LogP contribution in [0, 0.1) is 6.92 Å². The molecule has 3 rings (SSSR count). The van der Waals surface area contributed by atoms with Crippen LogP contribution in [0.2, 0.25) is 0 Å². The minimum absolute atomic E-state index is 0.160. The van der Waals surface area contributed by atoms with E-state index in [2.05, 4.69) is 0 Å². The first-order valence-electron chi connectivity index (χ1n) is 7.65. The minimum atomic E-state index is -0.619. The fraction of sp³-hybridized carbons (Fsp3) is 0.278. The number of aromatic nitrogens is 1. The zero-order valence-corrected chi connectivity index (χ0v) is 13.7. The van der Waals surface area contributed by atoms with Crippen LogP contribution in [0.5, 0.6) is 0 Å². The molecule has 0 aliphatic carbocycles. The number of carbonyl (C=O) groups excluding carboxylic acids is 1. The molecule has 24 heavy (non-hydrogen) atoms. The van der Waals surface area contributed by atoms with Crippen molar-refractivity contribution in [1.82, 2.24) is 4.57 Å². The van der Waals surface area contributed by atoms with Crippen LogP contribution in [0.4, 0.5) is 0 Å². The van der Waals surface area contributed by atoms with Crippen molar-refractivity contribution in [3.05, 3.63) is 56.2 Å². The Morgan fingerprint density at radius 2 is 1.96 bits per heavy atom. The van der Waals surface area contributed by atoms with E-state index in [1.54, 1.807) is 33.0 Å². The summed E-state index contributed by atoms with van der Waals surface area (Å²) in [4.78, 5) is 36.8. The first kappa shape index (κ1) is 16.0. The van der Waals surface area contributed by atoms with Crippen molar-refractivity contribution in [2.45, 2.75) is 20.3 Å². The molecule has 6 heteroatoms. The monoisotopic (exact) mass is 327 g/mol. The van der Waals surface area contributed by atoms with Gasteiger partial charge in [0, 0.05) is 12.4 Å². The van der Waals surface area contributed by atoms with Crippen LogP contribution in [-0.2, 0) is 23.0 Å². The van der Waals surface area contributed by atoms with Crippen molar-refractivity contribution in [2.24, 2.45) is 7.05 Å². The number of fused-ring (bicyclic) bond motifs is 3. The lowest BCUT2D eigenvalue weighted by Gasteiger charge is -2.11. The van der Waals surface area contributed by atoms with Gasteiger partial charge in [0.05, 0.1) is 29.5 Å². The van der Waals surface area contributed by atoms with E-state index < -0.39 is 11.6 Å². The molecular formula is C18H17NO5. The molecule has 0 spiro atoms. The van der Waals surface area contributed by atoms with Crippen molar-refractivity contribution in [2.75, 3.05) is 6.61 Å². The molecule has 0 atom stereocenters. The predicted molar refractivity (Wildman–Crippen MR) is 90.3 cm³/mol. The smallest absolute Gasteiger partial charge is 0.340 e. The molecule has 0 aliphatic heterocycles. The van der Waals surface area contributed by atoms with Gasteiger partial charge in [0.1, 0.15) is 0 Å². The van der Waals surface area contributed by atoms with E-state index >= 15 is 0 Å². The predicted octanol–water partition coefficient (Wildman–Crippen LogP) is 2.06. The summed E-state index contributed by atoms with van der Waals surface area (Å²) in [6.45, 7) is 3.57. The average Bonchev–Trinajstić information content (AvgIpc) is 2.56. The lowest BCUT2D eigenvalue weighted by atomic mass is 10.0. The molecule has 0 amide bonds. The van der Waals surface area contributed by atoms with Crippen LogP contribution in [0.15, 0.2) is 38.3 Å². The van der Waals surface area contributed by atoms with Crippen molar-refractivity contribution < 1.29 is 13.9 Å². The number of carbonyl (C=O) groups is 1. The third kappa shape index (κ3) is 2.40. The number of aryl methyl sites for hydroxylation is 2. The number of esters is 1. The summed E-state index contributed by atoms with van der Waals surface area (Å²) in [6.07, 6.45) is -0.214. The van der Waals surface area contributed by atoms with E-state index in [0.29, 0.717) is 21.9 Å². The molecule has 0 radical (unpaired) electrons. The Kier molecular flexibility index (Phi) is 3.97. The number of rotatable bonds is 3. The zero-order valence-electron chi connectivity index (χ0n) is 13.7. The summed E-state index contributed by atoms with van der Waals surface area (Å²) < 4.78 is 11.8. The van der Waals surface area contributed by atoms with Gasteiger partial charge in [0.2, 0.25) is 0 Å². The highest BCUT2D eigenvalue weighted by Crippen LogP contribution is 2.24. The van der Waals surface area contributed by atoms with Gasteiger partial charge in [-0.15, -0.1) is 0 Å². The van der Waals surface area contributed by atoms with Gasteiger partial charge in [0.15, 0.2) is 5.58 Å². The van der Waals surface area contributed by atoms with Gasteiger partial charge in [0.25, 0.3) is 5.56 Å². The normalized spacial score (nSPS) is 11.1. The fourth-order valence-electron chi connectivity index (χ4n) is 2.92. The molecule has 0 aliphatic rings. The van der Waals surface area contributed by atoms with Gasteiger partial charge < -0.3 is 13.7 Å². The summed E-state index contributed by atoms with van der Waals surface area (Å²) in [5.74, 6) is -0.523. The van der Waals surface area contributed by atoms with Crippen LogP contribution in [-0.4, -0.2) is 17.1 Å². The summed E-state index contributed by atoms with van der Waals surface area (Å²) in [6, 6.07) is 7.21. The molecule has 0 saturated heterocycles. The molecule has 0 bridgehead atoms. The summed E-state index contributed by atoms with van der Waals surface area (Å²) in [5.41, 5.74) is 0.662. The quantitative estimate of drug-likeness (QED) is 0.543. The van der Waals surface area contributed by atoms with Gasteiger partial charge in [-0.2, -0.15) is 0 Å². The van der Waals surface area contributed by atoms with Gasteiger partial charge in [-0.05, 0) is 31.5 Å². The summed E-state index contributed by atoms with van der Waals surface area (Å²) in [5, 5.41) is 0.993. The fourth-order valence-corrected chi connectivity index (χ4v) is 2.92. The lowest BCUT2D eigenvalue weighted by molar-refractivity contribution is -0.142. The molecule has 0 unspecified atom stereocenters. The molecular weight excluding hydrogens is 310 g/mol. The zero-order chi connectivity index (χ0) is 17.4. The lowest BCUT2D eigenvalue weighted by Crippen LogP contribution is -2.23. The number of ether oxygens (including phenoxy) is 1. The summed E-state index contributed by atoms with van der Waals surface area (Å²) >= 11 is 0. The van der Waals surface area contributed by atoms with E-state index in [1.807, 2.05) is 12.1 Å². The second-order valence-corrected chi connectivity index (χ2v) is 5.56. The van der Waals surface area contributed by atoms with Crippen LogP contribution in [0.3, 0.4) is 0 Å². The Morgan fingerprint density at radius 3 is 2.67 bits per heavy atom. The van der Waals surface area contributed by atoms with Crippen LogP contribution >= 0.6 is 0 Å². The highest BCUT2D eigenvalue weighted by atomic mass is 16.5. The van der Waals surface area contributed by atoms with Crippen LogP contribution < -0.4 is 11.2 Å². The van der Waals surface area contributed by atoms with E-state index in [0.717, 1.165) is 0 Å². The maximum atomic E-state index is 12.7. The third-order valence-electron chi connectivity index (χ3n) is 4.15. The number of pyridine rings is 1. The number of para-hydroxylation sites is 1. The molecule has 0 fully saturated rings. The Morgan fingerprint density at radius 1 is 1.25 bits per heavy atom. The Bertz CT molecular complexity index is 1070. The van der Waals surface area contributed by atoms with E-state index in [1.165, 1.54) is 4.57 Å². The van der Waals surface area contributed by atoms with Gasteiger partial charge in [-0.1, -0.05) is 12.1 Å². The van der Waals surface area contributed by atoms with E-state index in [4.69, 9.17) is 9.15 Å². The topological polar surface area (TPSA) is 78.5 Å². The molecule has 124 valence electrons. The van der Waals surface area contributed by atoms with Crippen LogP contribution in [0.25, 0.3) is 21.9 Å². The maximum absolute atomic E-state index is 12.7. The largest absolute Gasteiger partial charge is 0.466 e. The molecule has 2 heterocycles. The molecule has 0 saturated carbocycles. The maximum Gasteiger partial charge on any atom is 0.340 e. The van der Waals surface area contributed by atoms with Crippen LogP contribution in [0.1, 0.15) is 18.1 Å². The van der Waals surface area contributed by atoms with Gasteiger partial charge >= 0.3 is 11.6 Å². The van der Waals surface area contributed by atoms with Crippen molar-refractivity contribution >= 4 is 27.8 Å². The molecule has 1 aromatic carbocycles. The standard InChI is InChI=1S/C18H17NO5/c1-4-23-14(20)9-12-10(2)15-16(24-18(12)22)11-7-5-6-8-13(11)19(3)17(15)21/h5-8H,4,9H2,1-3H3. The number of benzene rings is 1. The highest BCUT2D eigenvalue weighted by molar-refractivity contribution is 6.03. The van der Waals surface area contributed by atoms with Crippen molar-refractivity contribution in [3.63, 3.8) is 0 Å². The number of hydrogen-bond acceptors (Lipinski definition) is 5. The molecule has 6 nitrogen and oxygen atoms in total. The first-order valence-corrected chi connectivity index (χ1v) is 7.65. The Labute approximate surface area is 137 Å². The average molecular weight is 327 g/mol. The number of hydrogen-bond donors (Lipinski definition) is 0. The van der Waals surface area contributed by atoms with E-state index in [9.17, 15) is 14.4 Å². The summed E-state index contributed by atoms with van der Waals surface area (Å²) in [7, 11) is 1.67. The second-order valence-electron chi connectivity index (χ2n) is 5.56. The van der Waals surface area contributed by atoms with Gasteiger partial charge in [-0.25, -0.2) is 4.79 Å². The second kappa shape index (κ2) is 5.96. The molecule has 0 N–H and O–H groups in total. The van der Waals surface area contributed by atoms with Crippen molar-refractivity contribution in [3.8, 4) is 0 Å². The Balaban J connectivity index is 2.39. The number of nitrogens with zero attached hydrogens (tertiary/aromatic N) is 1. The molecule has 2 aromatic heterocycles. The minimum Gasteiger partial charge on any atom is -0.466 e. The van der Waals surface area contributed by atoms with E-state index in [-0.39, 0.29) is 29.7 Å². The third-order valence-corrected chi connectivity index (χ3v) is 4.15. The highest BCUT2D eigenvalue weighted by Gasteiger charge is 2.20. The Hall–Kier alpha value is -2.89. The van der Waals surface area contributed by atoms with Gasteiger partial charge in [-0.3, -0.25) is 9.59 Å². The SMILES string of the molecule is CCOC(=O)Cc1c(C)c2c(=O)n(C)c3ccccc3c2oc1=O. The van der Waals surface area contributed by atoms with Crippen molar-refractivity contribution in [1.29, 1.82) is 0 Å². The first-order chi connectivity index (χ1) is 11.5.